The standard InChI is InChI=1S/C20H31NOSi/c1-20(2,3)23(4,5)22-14-13-17(15-21)19-12-8-10-16-9-6-7-11-18(16)19/h6-12,17H,13-15,21H2,1-5H3. The van der Waals surface area contributed by atoms with E-state index in [1.807, 2.05) is 0 Å². The van der Waals surface area contributed by atoms with Crippen molar-refractivity contribution in [2.45, 2.75) is 51.2 Å². The van der Waals surface area contributed by atoms with Crippen molar-refractivity contribution >= 4 is 19.1 Å². The number of hydrogen-bond acceptors (Lipinski definition) is 2. The van der Waals surface area contributed by atoms with Gasteiger partial charge in [0.2, 0.25) is 0 Å². The van der Waals surface area contributed by atoms with Crippen LogP contribution in [-0.2, 0) is 4.43 Å². The normalized spacial score (nSPS) is 14.2. The maximum Gasteiger partial charge on any atom is 0.191 e. The van der Waals surface area contributed by atoms with Gasteiger partial charge in [-0.15, -0.1) is 0 Å². The van der Waals surface area contributed by atoms with E-state index < -0.39 is 8.32 Å². The van der Waals surface area contributed by atoms with E-state index in [4.69, 9.17) is 10.2 Å². The molecule has 0 amide bonds. The van der Waals surface area contributed by atoms with Crippen molar-refractivity contribution in [3.05, 3.63) is 48.0 Å². The lowest BCUT2D eigenvalue weighted by Crippen LogP contribution is -2.41. The molecule has 0 saturated carbocycles. The number of hydrogen-bond donors (Lipinski definition) is 1. The molecular weight excluding hydrogens is 298 g/mol. The summed E-state index contributed by atoms with van der Waals surface area (Å²) >= 11 is 0. The minimum absolute atomic E-state index is 0.255. The maximum absolute atomic E-state index is 6.34. The molecule has 2 N–H and O–H groups in total. The number of nitrogens with two attached hydrogens (primary N) is 1. The molecule has 0 aliphatic carbocycles. The van der Waals surface area contributed by atoms with Gasteiger partial charge in [0.25, 0.3) is 0 Å². The van der Waals surface area contributed by atoms with E-state index in [1.54, 1.807) is 0 Å². The molecule has 0 aliphatic heterocycles. The third-order valence-electron chi connectivity index (χ3n) is 5.28. The molecule has 3 heteroatoms. The zero-order chi connectivity index (χ0) is 17.1. The average molecular weight is 330 g/mol. The molecule has 0 heterocycles. The minimum Gasteiger partial charge on any atom is -0.417 e. The van der Waals surface area contributed by atoms with E-state index in [2.05, 4.69) is 76.3 Å². The second kappa shape index (κ2) is 7.16. The van der Waals surface area contributed by atoms with Gasteiger partial charge in [-0.2, -0.15) is 0 Å². The summed E-state index contributed by atoms with van der Waals surface area (Å²) in [6.45, 7) is 12.9. The molecule has 0 aliphatic rings. The van der Waals surface area contributed by atoms with Gasteiger partial charge in [-0.1, -0.05) is 63.2 Å². The highest BCUT2D eigenvalue weighted by Crippen LogP contribution is 2.37. The first-order valence-electron chi connectivity index (χ1n) is 8.58. The molecule has 0 radical (unpaired) electrons. The minimum atomic E-state index is -1.68. The second-order valence-electron chi connectivity index (χ2n) is 7.90. The Hall–Kier alpha value is -1.16. The number of fused-ring (bicyclic) bond motifs is 1. The van der Waals surface area contributed by atoms with Gasteiger partial charge in [-0.25, -0.2) is 0 Å². The first-order valence-corrected chi connectivity index (χ1v) is 11.5. The second-order valence-corrected chi connectivity index (χ2v) is 12.7. The SMILES string of the molecule is CC(C)(C)[Si](C)(C)OCCC(CN)c1cccc2ccccc12. The van der Waals surface area contributed by atoms with Crippen molar-refractivity contribution in [2.75, 3.05) is 13.2 Å². The summed E-state index contributed by atoms with van der Waals surface area (Å²) < 4.78 is 6.34. The molecule has 2 rings (SSSR count). The summed E-state index contributed by atoms with van der Waals surface area (Å²) in [5, 5.41) is 2.86. The van der Waals surface area contributed by atoms with Crippen LogP contribution in [0.2, 0.25) is 18.1 Å². The molecule has 0 saturated heterocycles. The van der Waals surface area contributed by atoms with Gasteiger partial charge in [0.05, 0.1) is 0 Å². The Morgan fingerprint density at radius 1 is 1.04 bits per heavy atom. The molecule has 0 spiro atoms. The predicted octanol–water partition coefficient (Wildman–Crippen LogP) is 5.29. The molecule has 2 nitrogen and oxygen atoms in total. The van der Waals surface area contributed by atoms with Crippen molar-refractivity contribution in [2.24, 2.45) is 5.73 Å². The quantitative estimate of drug-likeness (QED) is 0.730. The average Bonchev–Trinajstić information content (AvgIpc) is 2.50. The van der Waals surface area contributed by atoms with Crippen LogP contribution >= 0.6 is 0 Å². The zero-order valence-corrected chi connectivity index (χ0v) is 16.2. The molecule has 0 bridgehead atoms. The van der Waals surface area contributed by atoms with Gasteiger partial charge in [0.1, 0.15) is 0 Å². The number of rotatable bonds is 6. The Morgan fingerprint density at radius 2 is 1.70 bits per heavy atom. The van der Waals surface area contributed by atoms with Crippen LogP contribution in [0.25, 0.3) is 10.8 Å². The molecule has 0 aromatic heterocycles. The lowest BCUT2D eigenvalue weighted by atomic mass is 9.91. The van der Waals surface area contributed by atoms with E-state index in [1.165, 1.54) is 16.3 Å². The van der Waals surface area contributed by atoms with Crippen LogP contribution in [-0.4, -0.2) is 21.5 Å². The maximum atomic E-state index is 6.34. The van der Waals surface area contributed by atoms with Gasteiger partial charge in [-0.05, 0) is 53.4 Å². The first kappa shape index (κ1) is 18.2. The van der Waals surface area contributed by atoms with E-state index in [0.717, 1.165) is 13.0 Å². The lowest BCUT2D eigenvalue weighted by Gasteiger charge is -2.36. The van der Waals surface area contributed by atoms with Gasteiger partial charge in [0.15, 0.2) is 8.32 Å². The summed E-state index contributed by atoms with van der Waals surface area (Å²) in [7, 11) is -1.68. The van der Waals surface area contributed by atoms with Crippen molar-refractivity contribution in [3.8, 4) is 0 Å². The smallest absolute Gasteiger partial charge is 0.191 e. The third kappa shape index (κ3) is 4.22. The van der Waals surface area contributed by atoms with Crippen molar-refractivity contribution < 1.29 is 4.43 Å². The molecule has 1 atom stereocenters. The third-order valence-corrected chi connectivity index (χ3v) is 9.82. The predicted molar refractivity (Wildman–Crippen MR) is 104 cm³/mol. The first-order chi connectivity index (χ1) is 10.8. The Labute approximate surface area is 142 Å². The number of benzene rings is 2. The van der Waals surface area contributed by atoms with Crippen LogP contribution < -0.4 is 5.73 Å². The van der Waals surface area contributed by atoms with Crippen LogP contribution in [0.5, 0.6) is 0 Å². The summed E-state index contributed by atoms with van der Waals surface area (Å²) in [6, 6.07) is 15.1. The molecule has 1 unspecified atom stereocenters. The Balaban J connectivity index is 2.11. The van der Waals surface area contributed by atoms with E-state index in [0.29, 0.717) is 12.5 Å². The zero-order valence-electron chi connectivity index (χ0n) is 15.2. The van der Waals surface area contributed by atoms with Gasteiger partial charge < -0.3 is 10.2 Å². The molecular formula is C20H31NOSi. The molecule has 0 fully saturated rings. The van der Waals surface area contributed by atoms with E-state index in [9.17, 15) is 0 Å². The van der Waals surface area contributed by atoms with Crippen LogP contribution in [0.15, 0.2) is 42.5 Å². The van der Waals surface area contributed by atoms with E-state index in [-0.39, 0.29) is 5.04 Å². The fourth-order valence-corrected chi connectivity index (χ4v) is 3.74. The largest absolute Gasteiger partial charge is 0.417 e. The van der Waals surface area contributed by atoms with Crippen molar-refractivity contribution in [1.29, 1.82) is 0 Å². The summed E-state index contributed by atoms with van der Waals surface area (Å²) in [4.78, 5) is 0. The molecule has 2 aromatic carbocycles. The van der Waals surface area contributed by atoms with Crippen molar-refractivity contribution in [3.63, 3.8) is 0 Å². The van der Waals surface area contributed by atoms with Gasteiger partial charge in [0, 0.05) is 6.61 Å². The van der Waals surface area contributed by atoms with Crippen LogP contribution in [0.4, 0.5) is 0 Å². The van der Waals surface area contributed by atoms with Crippen LogP contribution in [0.3, 0.4) is 0 Å². The van der Waals surface area contributed by atoms with Gasteiger partial charge >= 0.3 is 0 Å². The summed E-state index contributed by atoms with van der Waals surface area (Å²) in [5.41, 5.74) is 7.44. The van der Waals surface area contributed by atoms with Gasteiger partial charge in [-0.3, -0.25) is 0 Å². The highest BCUT2D eigenvalue weighted by atomic mass is 28.4. The fourth-order valence-electron chi connectivity index (χ4n) is 2.68. The lowest BCUT2D eigenvalue weighted by molar-refractivity contribution is 0.272. The van der Waals surface area contributed by atoms with Crippen LogP contribution in [0.1, 0.15) is 38.7 Å². The molecule has 2 aromatic rings. The Bertz CT molecular complexity index is 640. The monoisotopic (exact) mass is 329 g/mol. The van der Waals surface area contributed by atoms with E-state index >= 15 is 0 Å². The topological polar surface area (TPSA) is 35.2 Å². The Morgan fingerprint density at radius 3 is 2.35 bits per heavy atom. The Kier molecular flexibility index (Phi) is 5.66. The molecule has 23 heavy (non-hydrogen) atoms. The highest BCUT2D eigenvalue weighted by molar-refractivity contribution is 6.74. The van der Waals surface area contributed by atoms with Crippen molar-refractivity contribution in [1.82, 2.24) is 0 Å². The summed E-state index contributed by atoms with van der Waals surface area (Å²) in [5.74, 6) is 0.353. The highest BCUT2D eigenvalue weighted by Gasteiger charge is 2.37. The van der Waals surface area contributed by atoms with Crippen LogP contribution in [0, 0.1) is 0 Å². The summed E-state index contributed by atoms with van der Waals surface area (Å²) in [6.07, 6.45) is 0.983. The fraction of sp³-hybridized carbons (Fsp3) is 0.500. The molecule has 126 valence electrons.